The molecule has 0 bridgehead atoms. The number of piperidine rings is 1. The molecule has 6 heteroatoms. The van der Waals surface area contributed by atoms with Crippen LogP contribution in [-0.2, 0) is 4.74 Å². The summed E-state index contributed by atoms with van der Waals surface area (Å²) >= 11 is 0. The first-order valence-corrected chi connectivity index (χ1v) is 8.81. The van der Waals surface area contributed by atoms with Crippen LogP contribution in [0.25, 0.3) is 0 Å². The number of likely N-dealkylation sites (tertiary alicyclic amines) is 1. The van der Waals surface area contributed by atoms with E-state index in [-0.39, 0.29) is 30.0 Å². The fourth-order valence-corrected chi connectivity index (χ4v) is 3.40. The minimum Gasteiger partial charge on any atom is -0.380 e. The van der Waals surface area contributed by atoms with E-state index in [4.69, 9.17) is 4.74 Å². The van der Waals surface area contributed by atoms with Crippen molar-refractivity contribution in [2.45, 2.75) is 50.8 Å². The van der Waals surface area contributed by atoms with E-state index in [1.807, 2.05) is 17.9 Å². The molecule has 132 valence electrons. The molecule has 0 aromatic heterocycles. The predicted octanol–water partition coefficient (Wildman–Crippen LogP) is 2.98. The van der Waals surface area contributed by atoms with Crippen LogP contribution in [0, 0.1) is 5.82 Å². The molecule has 3 rings (SSSR count). The van der Waals surface area contributed by atoms with Crippen LogP contribution in [-0.4, -0.2) is 48.8 Å². The van der Waals surface area contributed by atoms with E-state index in [0.29, 0.717) is 18.8 Å². The number of para-hydroxylation sites is 1. The second-order valence-corrected chi connectivity index (χ2v) is 6.68. The Labute approximate surface area is 142 Å². The molecule has 0 saturated carbocycles. The number of halogens is 1. The SMILES string of the molecule is C[C@@H](NC(=O)N1CCC(Nc2ccccc2F)CC1)[C@@H]1CCCO1. The van der Waals surface area contributed by atoms with Gasteiger partial charge in [0.05, 0.1) is 17.8 Å². The van der Waals surface area contributed by atoms with E-state index in [1.165, 1.54) is 6.07 Å². The molecule has 0 spiro atoms. The average Bonchev–Trinajstić information content (AvgIpc) is 3.12. The standard InChI is InChI=1S/C18H26FN3O2/c1-13(17-7-4-12-24-17)20-18(23)22-10-8-14(9-11-22)21-16-6-3-2-5-15(16)19/h2-3,5-6,13-14,17,21H,4,7-12H2,1H3,(H,20,23)/t13-,17+/m1/s1. The van der Waals surface area contributed by atoms with Crippen molar-refractivity contribution in [2.24, 2.45) is 0 Å². The third kappa shape index (κ3) is 4.17. The second kappa shape index (κ2) is 7.83. The van der Waals surface area contributed by atoms with Crippen molar-refractivity contribution in [1.29, 1.82) is 0 Å². The molecule has 2 heterocycles. The third-order valence-electron chi connectivity index (χ3n) is 4.89. The lowest BCUT2D eigenvalue weighted by molar-refractivity contribution is 0.0825. The van der Waals surface area contributed by atoms with E-state index in [2.05, 4.69) is 10.6 Å². The Morgan fingerprint density at radius 2 is 2.04 bits per heavy atom. The van der Waals surface area contributed by atoms with Gasteiger partial charge in [-0.25, -0.2) is 9.18 Å². The van der Waals surface area contributed by atoms with Gasteiger partial charge in [-0.3, -0.25) is 0 Å². The van der Waals surface area contributed by atoms with Crippen molar-refractivity contribution >= 4 is 11.7 Å². The van der Waals surface area contributed by atoms with Gasteiger partial charge in [0.15, 0.2) is 0 Å². The molecular weight excluding hydrogens is 309 g/mol. The van der Waals surface area contributed by atoms with Gasteiger partial charge >= 0.3 is 6.03 Å². The van der Waals surface area contributed by atoms with Crippen LogP contribution in [0.3, 0.4) is 0 Å². The van der Waals surface area contributed by atoms with Crippen molar-refractivity contribution < 1.29 is 13.9 Å². The van der Waals surface area contributed by atoms with Gasteiger partial charge in [-0.1, -0.05) is 12.1 Å². The Bertz CT molecular complexity index is 555. The number of carbonyl (C=O) groups excluding carboxylic acids is 1. The number of nitrogens with zero attached hydrogens (tertiary/aromatic N) is 1. The Morgan fingerprint density at radius 3 is 2.71 bits per heavy atom. The summed E-state index contributed by atoms with van der Waals surface area (Å²) in [6.07, 6.45) is 3.84. The summed E-state index contributed by atoms with van der Waals surface area (Å²) < 4.78 is 19.3. The molecular formula is C18H26FN3O2. The first kappa shape index (κ1) is 17.0. The van der Waals surface area contributed by atoms with Crippen molar-refractivity contribution in [3.63, 3.8) is 0 Å². The fourth-order valence-electron chi connectivity index (χ4n) is 3.40. The maximum Gasteiger partial charge on any atom is 0.317 e. The lowest BCUT2D eigenvalue weighted by Gasteiger charge is -2.34. The van der Waals surface area contributed by atoms with Gasteiger partial charge in [-0.05, 0) is 44.7 Å². The van der Waals surface area contributed by atoms with Gasteiger partial charge < -0.3 is 20.3 Å². The minimum absolute atomic E-state index is 0.0256. The summed E-state index contributed by atoms with van der Waals surface area (Å²) in [5, 5.41) is 6.29. The van der Waals surface area contributed by atoms with Crippen molar-refractivity contribution in [1.82, 2.24) is 10.2 Å². The molecule has 1 aromatic carbocycles. The number of amides is 2. The number of benzene rings is 1. The maximum absolute atomic E-state index is 13.7. The number of anilines is 1. The van der Waals surface area contributed by atoms with E-state index >= 15 is 0 Å². The molecule has 2 saturated heterocycles. The van der Waals surface area contributed by atoms with Gasteiger partial charge in [-0.15, -0.1) is 0 Å². The highest BCUT2D eigenvalue weighted by atomic mass is 19.1. The van der Waals surface area contributed by atoms with Gasteiger partial charge in [-0.2, -0.15) is 0 Å². The quantitative estimate of drug-likeness (QED) is 0.889. The number of urea groups is 1. The Hall–Kier alpha value is -1.82. The number of nitrogens with one attached hydrogen (secondary N) is 2. The highest BCUT2D eigenvalue weighted by Crippen LogP contribution is 2.20. The zero-order valence-electron chi connectivity index (χ0n) is 14.1. The van der Waals surface area contributed by atoms with Gasteiger partial charge in [0.25, 0.3) is 0 Å². The molecule has 2 N–H and O–H groups in total. The number of rotatable bonds is 4. The number of hydrogen-bond acceptors (Lipinski definition) is 3. The normalized spacial score (nSPS) is 23.1. The molecule has 2 amide bonds. The number of hydrogen-bond donors (Lipinski definition) is 2. The molecule has 0 radical (unpaired) electrons. The predicted molar refractivity (Wildman–Crippen MR) is 91.6 cm³/mol. The van der Waals surface area contributed by atoms with E-state index in [9.17, 15) is 9.18 Å². The second-order valence-electron chi connectivity index (χ2n) is 6.68. The van der Waals surface area contributed by atoms with Crippen molar-refractivity contribution in [2.75, 3.05) is 25.0 Å². The van der Waals surface area contributed by atoms with Crippen molar-refractivity contribution in [3.8, 4) is 0 Å². The summed E-state index contributed by atoms with van der Waals surface area (Å²) in [5.41, 5.74) is 0.535. The zero-order valence-corrected chi connectivity index (χ0v) is 14.1. The Kier molecular flexibility index (Phi) is 5.56. The molecule has 0 aliphatic carbocycles. The van der Waals surface area contributed by atoms with Crippen LogP contribution in [0.15, 0.2) is 24.3 Å². The topological polar surface area (TPSA) is 53.6 Å². The van der Waals surface area contributed by atoms with E-state index in [0.717, 1.165) is 32.3 Å². The highest BCUT2D eigenvalue weighted by molar-refractivity contribution is 5.74. The summed E-state index contributed by atoms with van der Waals surface area (Å²) in [7, 11) is 0. The largest absolute Gasteiger partial charge is 0.380 e. The monoisotopic (exact) mass is 335 g/mol. The maximum atomic E-state index is 13.7. The van der Waals surface area contributed by atoms with Crippen LogP contribution in [0.1, 0.15) is 32.6 Å². The third-order valence-corrected chi connectivity index (χ3v) is 4.89. The zero-order chi connectivity index (χ0) is 16.9. The highest BCUT2D eigenvalue weighted by Gasteiger charge is 2.27. The molecule has 2 aliphatic rings. The molecule has 2 atom stereocenters. The van der Waals surface area contributed by atoms with E-state index in [1.54, 1.807) is 12.1 Å². The molecule has 5 nitrogen and oxygen atoms in total. The lowest BCUT2D eigenvalue weighted by atomic mass is 10.0. The van der Waals surface area contributed by atoms with Crippen LogP contribution in [0.4, 0.5) is 14.9 Å². The molecule has 0 unspecified atom stereocenters. The summed E-state index contributed by atoms with van der Waals surface area (Å²) in [6.45, 7) is 4.14. The molecule has 1 aromatic rings. The summed E-state index contributed by atoms with van der Waals surface area (Å²) in [4.78, 5) is 14.2. The van der Waals surface area contributed by atoms with Gasteiger partial charge in [0.1, 0.15) is 5.82 Å². The van der Waals surface area contributed by atoms with Crippen LogP contribution in [0.2, 0.25) is 0 Å². The van der Waals surface area contributed by atoms with Crippen molar-refractivity contribution in [3.05, 3.63) is 30.1 Å². The summed E-state index contributed by atoms with van der Waals surface area (Å²) in [5.74, 6) is -0.233. The van der Waals surface area contributed by atoms with Crippen LogP contribution >= 0.6 is 0 Å². The van der Waals surface area contributed by atoms with E-state index < -0.39 is 0 Å². The number of ether oxygens (including phenoxy) is 1. The van der Waals surface area contributed by atoms with Crippen LogP contribution in [0.5, 0.6) is 0 Å². The number of carbonyl (C=O) groups is 1. The molecule has 24 heavy (non-hydrogen) atoms. The van der Waals surface area contributed by atoms with Gasteiger partial charge in [0, 0.05) is 25.7 Å². The first-order chi connectivity index (χ1) is 11.6. The molecule has 2 aliphatic heterocycles. The molecule has 2 fully saturated rings. The Balaban J connectivity index is 1.44. The minimum atomic E-state index is -0.233. The summed E-state index contributed by atoms with van der Waals surface area (Å²) in [6, 6.07) is 6.91. The lowest BCUT2D eigenvalue weighted by Crippen LogP contribution is -2.51. The first-order valence-electron chi connectivity index (χ1n) is 8.81. The fraction of sp³-hybridized carbons (Fsp3) is 0.611. The van der Waals surface area contributed by atoms with Crippen LogP contribution < -0.4 is 10.6 Å². The Morgan fingerprint density at radius 1 is 1.29 bits per heavy atom. The van der Waals surface area contributed by atoms with Gasteiger partial charge in [0.2, 0.25) is 0 Å². The average molecular weight is 335 g/mol. The smallest absolute Gasteiger partial charge is 0.317 e.